The van der Waals surface area contributed by atoms with E-state index in [4.69, 9.17) is 4.74 Å². The van der Waals surface area contributed by atoms with Gasteiger partial charge in [0.05, 0.1) is 29.7 Å². The van der Waals surface area contributed by atoms with Gasteiger partial charge in [-0.3, -0.25) is 14.6 Å². The van der Waals surface area contributed by atoms with Gasteiger partial charge in [0.1, 0.15) is 11.9 Å². The van der Waals surface area contributed by atoms with Gasteiger partial charge < -0.3 is 14.9 Å². The van der Waals surface area contributed by atoms with Crippen LogP contribution in [0.3, 0.4) is 0 Å². The largest absolute Gasteiger partial charge is 0.458 e. The van der Waals surface area contributed by atoms with Crippen molar-refractivity contribution in [3.8, 4) is 0 Å². The molecule has 0 bridgehead atoms. The number of Topliss-reactive ketones (excluding diaryl/α,β-unsaturated/α-hetero) is 1. The smallest absolute Gasteiger partial charge is 0.309 e. The summed E-state index contributed by atoms with van der Waals surface area (Å²) < 4.78 is 5.91. The number of hydrogen-bond donors (Lipinski definition) is 2. The zero-order valence-corrected chi connectivity index (χ0v) is 22.2. The SMILES string of the molecule is C/C(=C\c1ccc(C)cn1)[C@@H]1C[C@@H]2C[C@H]2CCC[C@H](C)C(O)[C@@H](C)C(=O)C(C)(C)[C@@H](O)CC(=O)O1. The van der Waals surface area contributed by atoms with Gasteiger partial charge in [-0.25, -0.2) is 0 Å². The molecule has 1 unspecified atom stereocenters. The fourth-order valence-corrected chi connectivity index (χ4v) is 5.34. The Labute approximate surface area is 210 Å². The second-order valence-corrected chi connectivity index (χ2v) is 11.6. The Morgan fingerprint density at radius 2 is 1.83 bits per heavy atom. The van der Waals surface area contributed by atoms with E-state index in [-0.39, 0.29) is 24.2 Å². The van der Waals surface area contributed by atoms with Gasteiger partial charge in [-0.05, 0) is 74.1 Å². The molecule has 1 aliphatic heterocycles. The van der Waals surface area contributed by atoms with Crippen molar-refractivity contribution in [2.24, 2.45) is 29.1 Å². The van der Waals surface area contributed by atoms with Crippen LogP contribution in [0.25, 0.3) is 6.08 Å². The summed E-state index contributed by atoms with van der Waals surface area (Å²) in [7, 11) is 0. The van der Waals surface area contributed by atoms with Gasteiger partial charge in [-0.2, -0.15) is 0 Å². The summed E-state index contributed by atoms with van der Waals surface area (Å²) in [5, 5.41) is 21.7. The molecule has 1 aromatic heterocycles. The van der Waals surface area contributed by atoms with E-state index in [9.17, 15) is 19.8 Å². The number of rotatable bonds is 2. The van der Waals surface area contributed by atoms with Crippen molar-refractivity contribution in [3.63, 3.8) is 0 Å². The predicted octanol–water partition coefficient (Wildman–Crippen LogP) is 4.89. The summed E-state index contributed by atoms with van der Waals surface area (Å²) in [6.07, 6.45) is 5.96. The minimum absolute atomic E-state index is 0.00287. The topological polar surface area (TPSA) is 96.7 Å². The standard InChI is InChI=1S/C29H43NO5/c1-17-10-11-23(30-16-17)12-19(3)24-14-22-13-21(22)9-7-8-18(2)27(33)20(4)28(34)29(5,6)25(31)15-26(32)35-24/h10-12,16,18,20-22,24-25,27,31,33H,7-9,13-15H2,1-6H3/b19-12+/t18-,20+,21+,22-,24-,25-,27?/m0/s1. The molecule has 1 aliphatic carbocycles. The number of aliphatic hydroxyl groups excluding tert-OH is 2. The molecule has 2 fully saturated rings. The number of nitrogens with zero attached hydrogens (tertiary/aromatic N) is 1. The van der Waals surface area contributed by atoms with Gasteiger partial charge >= 0.3 is 5.97 Å². The minimum Gasteiger partial charge on any atom is -0.458 e. The lowest BCUT2D eigenvalue weighted by Gasteiger charge is -2.34. The molecule has 1 saturated carbocycles. The van der Waals surface area contributed by atoms with Crippen LogP contribution < -0.4 is 0 Å². The van der Waals surface area contributed by atoms with Crippen molar-refractivity contribution in [2.45, 2.75) is 98.4 Å². The molecular formula is C29H43NO5. The van der Waals surface area contributed by atoms with Crippen molar-refractivity contribution in [2.75, 3.05) is 0 Å². The van der Waals surface area contributed by atoms with Crippen LogP contribution in [-0.2, 0) is 14.3 Å². The maximum Gasteiger partial charge on any atom is 0.309 e. The Hall–Kier alpha value is -2.05. The average Bonchev–Trinajstić information content (AvgIpc) is 3.55. The van der Waals surface area contributed by atoms with Gasteiger partial charge in [0.25, 0.3) is 0 Å². The van der Waals surface area contributed by atoms with Crippen molar-refractivity contribution in [1.82, 2.24) is 4.98 Å². The van der Waals surface area contributed by atoms with Crippen LogP contribution in [0.4, 0.5) is 0 Å². The second-order valence-electron chi connectivity index (χ2n) is 11.6. The van der Waals surface area contributed by atoms with Gasteiger partial charge in [0, 0.05) is 12.1 Å². The number of cyclic esters (lactones) is 1. The first-order chi connectivity index (χ1) is 16.4. The van der Waals surface area contributed by atoms with Crippen LogP contribution in [0.1, 0.15) is 84.4 Å². The molecule has 2 N–H and O–H groups in total. The molecular weight excluding hydrogens is 442 g/mol. The Kier molecular flexibility index (Phi) is 8.92. The number of ketones is 1. The molecule has 1 saturated heterocycles. The monoisotopic (exact) mass is 485 g/mol. The highest BCUT2D eigenvalue weighted by molar-refractivity contribution is 5.88. The number of ether oxygens (including phenoxy) is 1. The maximum absolute atomic E-state index is 13.2. The molecule has 2 aliphatic rings. The molecule has 0 aromatic carbocycles. The Morgan fingerprint density at radius 3 is 2.49 bits per heavy atom. The molecule has 0 radical (unpaired) electrons. The van der Waals surface area contributed by atoms with E-state index in [0.29, 0.717) is 11.8 Å². The van der Waals surface area contributed by atoms with Gasteiger partial charge in [0.15, 0.2) is 0 Å². The fraction of sp³-hybridized carbons (Fsp3) is 0.690. The normalized spacial score (nSPS) is 35.2. The van der Waals surface area contributed by atoms with E-state index in [1.54, 1.807) is 20.8 Å². The summed E-state index contributed by atoms with van der Waals surface area (Å²) >= 11 is 0. The van der Waals surface area contributed by atoms with Crippen molar-refractivity contribution in [3.05, 3.63) is 35.2 Å². The molecule has 6 nitrogen and oxygen atoms in total. The van der Waals surface area contributed by atoms with Crippen LogP contribution in [0.5, 0.6) is 0 Å². The predicted molar refractivity (Wildman–Crippen MR) is 136 cm³/mol. The third-order valence-corrected chi connectivity index (χ3v) is 8.25. The zero-order valence-electron chi connectivity index (χ0n) is 22.2. The third-order valence-electron chi connectivity index (χ3n) is 8.25. The van der Waals surface area contributed by atoms with E-state index in [1.165, 1.54) is 0 Å². The number of aliphatic hydroxyl groups is 2. The van der Waals surface area contributed by atoms with E-state index in [1.807, 2.05) is 45.2 Å². The summed E-state index contributed by atoms with van der Waals surface area (Å²) in [5.41, 5.74) is 1.65. The number of fused-ring (bicyclic) bond motifs is 1. The second kappa shape index (κ2) is 11.3. The van der Waals surface area contributed by atoms with E-state index >= 15 is 0 Å². The molecule has 0 amide bonds. The highest BCUT2D eigenvalue weighted by atomic mass is 16.5. The highest BCUT2D eigenvalue weighted by Crippen LogP contribution is 2.47. The molecule has 35 heavy (non-hydrogen) atoms. The zero-order chi connectivity index (χ0) is 25.9. The van der Waals surface area contributed by atoms with E-state index in [0.717, 1.165) is 48.9 Å². The number of carbonyl (C=O) groups excluding carboxylic acids is 2. The van der Waals surface area contributed by atoms with Crippen LogP contribution >= 0.6 is 0 Å². The summed E-state index contributed by atoms with van der Waals surface area (Å²) in [6, 6.07) is 3.95. The van der Waals surface area contributed by atoms with E-state index < -0.39 is 29.5 Å². The molecule has 6 heteroatoms. The highest BCUT2D eigenvalue weighted by Gasteiger charge is 2.43. The van der Waals surface area contributed by atoms with Crippen LogP contribution in [0.15, 0.2) is 23.9 Å². The summed E-state index contributed by atoms with van der Waals surface area (Å²) in [6.45, 7) is 11.0. The number of pyridine rings is 1. The van der Waals surface area contributed by atoms with Crippen LogP contribution in [0, 0.1) is 36.0 Å². The first-order valence-electron chi connectivity index (χ1n) is 13.1. The third kappa shape index (κ3) is 7.01. The Morgan fingerprint density at radius 1 is 1.11 bits per heavy atom. The lowest BCUT2D eigenvalue weighted by Crippen LogP contribution is -2.45. The van der Waals surface area contributed by atoms with Crippen LogP contribution in [0.2, 0.25) is 0 Å². The maximum atomic E-state index is 13.2. The molecule has 7 atom stereocenters. The van der Waals surface area contributed by atoms with Crippen molar-refractivity contribution in [1.29, 1.82) is 0 Å². The number of aryl methyl sites for hydroxylation is 1. The molecule has 1 aromatic rings. The fourth-order valence-electron chi connectivity index (χ4n) is 5.34. The minimum atomic E-state index is -1.20. The van der Waals surface area contributed by atoms with Gasteiger partial charge in [-0.15, -0.1) is 0 Å². The molecule has 3 rings (SSSR count). The van der Waals surface area contributed by atoms with Gasteiger partial charge in [-0.1, -0.05) is 46.6 Å². The lowest BCUT2D eigenvalue weighted by atomic mass is 9.73. The first-order valence-corrected chi connectivity index (χ1v) is 13.1. The molecule has 0 spiro atoms. The average molecular weight is 486 g/mol. The van der Waals surface area contributed by atoms with Crippen LogP contribution in [-0.4, -0.2) is 45.3 Å². The van der Waals surface area contributed by atoms with Crippen molar-refractivity contribution < 1.29 is 24.5 Å². The Bertz CT molecular complexity index is 922. The van der Waals surface area contributed by atoms with Gasteiger partial charge in [0.2, 0.25) is 0 Å². The Balaban J connectivity index is 1.82. The summed E-state index contributed by atoms with van der Waals surface area (Å²) in [5.74, 6) is -0.271. The quantitative estimate of drug-likeness (QED) is 0.579. The number of esters is 1. The summed E-state index contributed by atoms with van der Waals surface area (Å²) in [4.78, 5) is 30.6. The van der Waals surface area contributed by atoms with Crippen molar-refractivity contribution >= 4 is 17.8 Å². The number of aromatic nitrogens is 1. The molecule has 194 valence electrons. The number of carbonyl (C=O) groups is 2. The first kappa shape index (κ1) is 27.5. The lowest BCUT2D eigenvalue weighted by molar-refractivity contribution is -0.154. The van der Waals surface area contributed by atoms with E-state index in [2.05, 4.69) is 4.98 Å². The number of hydrogen-bond acceptors (Lipinski definition) is 6. The molecule has 2 heterocycles.